The molecule has 0 radical (unpaired) electrons. The van der Waals surface area contributed by atoms with E-state index in [1.54, 1.807) is 0 Å². The molecule has 0 N–H and O–H groups in total. The van der Waals surface area contributed by atoms with E-state index in [-0.39, 0.29) is 0 Å². The largest absolute Gasteiger partial charge is 0.352 e. The van der Waals surface area contributed by atoms with Gasteiger partial charge in [-0.1, -0.05) is 23.7 Å². The number of nitrogens with zero attached hydrogens (tertiary/aromatic N) is 4. The lowest BCUT2D eigenvalue weighted by molar-refractivity contribution is 0.211. The van der Waals surface area contributed by atoms with Gasteiger partial charge in [-0.05, 0) is 44.2 Å². The Balaban J connectivity index is 1.54. The molecular weight excluding hydrogens is 296 g/mol. The predicted molar refractivity (Wildman–Crippen MR) is 89.3 cm³/mol. The quantitative estimate of drug-likeness (QED) is 0.852. The van der Waals surface area contributed by atoms with Crippen LogP contribution in [0.3, 0.4) is 0 Å². The summed E-state index contributed by atoms with van der Waals surface area (Å²) in [7, 11) is 2.25. The maximum atomic E-state index is 5.92. The second-order valence-electron chi connectivity index (χ2n) is 6.24. The molecule has 2 unspecified atom stereocenters. The van der Waals surface area contributed by atoms with Crippen LogP contribution in [0.1, 0.15) is 12.8 Å². The van der Waals surface area contributed by atoms with Gasteiger partial charge in [-0.2, -0.15) is 0 Å². The molecule has 5 heteroatoms. The number of piperazine rings is 1. The van der Waals surface area contributed by atoms with Gasteiger partial charge in [-0.15, -0.1) is 10.2 Å². The third-order valence-corrected chi connectivity index (χ3v) is 5.21. The minimum Gasteiger partial charge on any atom is -0.352 e. The highest BCUT2D eigenvalue weighted by Gasteiger charge is 2.37. The van der Waals surface area contributed by atoms with Gasteiger partial charge in [0.1, 0.15) is 0 Å². The van der Waals surface area contributed by atoms with Gasteiger partial charge < -0.3 is 4.90 Å². The monoisotopic (exact) mass is 314 g/mol. The third kappa shape index (κ3) is 2.46. The average molecular weight is 315 g/mol. The second-order valence-corrected chi connectivity index (χ2v) is 6.68. The number of likely N-dealkylation sites (N-methyl/N-ethyl adjacent to an activating group) is 1. The summed E-state index contributed by atoms with van der Waals surface area (Å²) in [5.74, 6) is 0.989. The Bertz CT molecular complexity index is 641. The van der Waals surface area contributed by atoms with Gasteiger partial charge in [0.2, 0.25) is 0 Å². The molecule has 0 amide bonds. The molecule has 2 aromatic rings. The van der Waals surface area contributed by atoms with Crippen LogP contribution in [-0.2, 0) is 0 Å². The molecule has 2 atom stereocenters. The highest BCUT2D eigenvalue weighted by molar-refractivity contribution is 6.30. The summed E-state index contributed by atoms with van der Waals surface area (Å²) in [5, 5.41) is 9.58. The van der Waals surface area contributed by atoms with E-state index in [4.69, 9.17) is 11.6 Å². The molecule has 0 aliphatic carbocycles. The van der Waals surface area contributed by atoms with Crippen LogP contribution in [-0.4, -0.2) is 47.3 Å². The Kier molecular flexibility index (Phi) is 3.51. The topological polar surface area (TPSA) is 32.3 Å². The number of hydrogen-bond acceptors (Lipinski definition) is 4. The first-order chi connectivity index (χ1) is 10.7. The molecule has 0 saturated carbocycles. The molecule has 0 spiro atoms. The zero-order valence-corrected chi connectivity index (χ0v) is 13.4. The Morgan fingerprint density at radius 2 is 1.64 bits per heavy atom. The zero-order chi connectivity index (χ0) is 15.1. The molecule has 114 valence electrons. The lowest BCUT2D eigenvalue weighted by Crippen LogP contribution is -2.52. The molecule has 22 heavy (non-hydrogen) atoms. The van der Waals surface area contributed by atoms with Crippen molar-refractivity contribution in [3.8, 4) is 11.3 Å². The van der Waals surface area contributed by atoms with E-state index in [2.05, 4.69) is 33.1 Å². The smallest absolute Gasteiger partial charge is 0.151 e. The first kappa shape index (κ1) is 14.0. The van der Waals surface area contributed by atoms with E-state index in [1.807, 2.05) is 30.3 Å². The molecule has 2 bridgehead atoms. The SMILES string of the molecule is CN1C2CCC1CN(c1ccc(-c3ccc(Cl)cc3)nn1)C2. The van der Waals surface area contributed by atoms with Crippen molar-refractivity contribution >= 4 is 17.4 Å². The summed E-state index contributed by atoms with van der Waals surface area (Å²) in [4.78, 5) is 4.90. The van der Waals surface area contributed by atoms with E-state index in [1.165, 1.54) is 12.8 Å². The Morgan fingerprint density at radius 3 is 2.23 bits per heavy atom. The first-order valence-corrected chi connectivity index (χ1v) is 8.15. The Hall–Kier alpha value is -1.65. The minimum absolute atomic E-state index is 0.663. The van der Waals surface area contributed by atoms with Gasteiger partial charge in [0.15, 0.2) is 5.82 Å². The van der Waals surface area contributed by atoms with Crippen LogP contribution in [0.25, 0.3) is 11.3 Å². The maximum Gasteiger partial charge on any atom is 0.151 e. The molecule has 2 fully saturated rings. The number of aromatic nitrogens is 2. The van der Waals surface area contributed by atoms with Gasteiger partial charge in [0, 0.05) is 35.8 Å². The van der Waals surface area contributed by atoms with Crippen LogP contribution < -0.4 is 4.90 Å². The normalized spacial score (nSPS) is 24.7. The van der Waals surface area contributed by atoms with Crippen LogP contribution in [0, 0.1) is 0 Å². The molecule has 3 heterocycles. The van der Waals surface area contributed by atoms with Crippen molar-refractivity contribution < 1.29 is 0 Å². The second kappa shape index (κ2) is 5.52. The minimum atomic E-state index is 0.663. The summed E-state index contributed by atoms with van der Waals surface area (Å²) in [6.07, 6.45) is 2.60. The first-order valence-electron chi connectivity index (χ1n) is 7.77. The number of halogens is 1. The van der Waals surface area contributed by atoms with Gasteiger partial charge in [-0.3, -0.25) is 4.90 Å². The molecule has 4 nitrogen and oxygen atoms in total. The standard InChI is InChI=1S/C17H19ClN4/c1-21-14-6-7-15(21)11-22(10-14)17-9-8-16(19-20-17)12-2-4-13(18)5-3-12/h2-5,8-9,14-15H,6-7,10-11H2,1H3. The van der Waals surface area contributed by atoms with Crippen molar-refractivity contribution in [2.24, 2.45) is 0 Å². The van der Waals surface area contributed by atoms with Crippen LogP contribution in [0.4, 0.5) is 5.82 Å². The lowest BCUT2D eigenvalue weighted by Gasteiger charge is -2.39. The van der Waals surface area contributed by atoms with Crippen molar-refractivity contribution in [2.75, 3.05) is 25.0 Å². The maximum absolute atomic E-state index is 5.92. The Morgan fingerprint density at radius 1 is 0.955 bits per heavy atom. The Labute approximate surface area is 135 Å². The van der Waals surface area contributed by atoms with Gasteiger partial charge in [-0.25, -0.2) is 0 Å². The summed E-state index contributed by atoms with van der Waals surface area (Å²) in [6, 6.07) is 13.2. The van der Waals surface area contributed by atoms with E-state index < -0.39 is 0 Å². The van der Waals surface area contributed by atoms with Crippen molar-refractivity contribution in [1.29, 1.82) is 0 Å². The van der Waals surface area contributed by atoms with Gasteiger partial charge >= 0.3 is 0 Å². The summed E-state index contributed by atoms with van der Waals surface area (Å²) < 4.78 is 0. The van der Waals surface area contributed by atoms with Crippen LogP contribution >= 0.6 is 11.6 Å². The van der Waals surface area contributed by atoms with Crippen molar-refractivity contribution in [1.82, 2.24) is 15.1 Å². The molecule has 2 aliphatic rings. The lowest BCUT2D eigenvalue weighted by atomic mass is 10.1. The van der Waals surface area contributed by atoms with Crippen molar-refractivity contribution in [2.45, 2.75) is 24.9 Å². The fourth-order valence-electron chi connectivity index (χ4n) is 3.57. The number of benzene rings is 1. The third-order valence-electron chi connectivity index (χ3n) is 4.96. The highest BCUT2D eigenvalue weighted by atomic mass is 35.5. The van der Waals surface area contributed by atoms with E-state index in [0.717, 1.165) is 35.2 Å². The van der Waals surface area contributed by atoms with E-state index in [0.29, 0.717) is 12.1 Å². The molecule has 2 aliphatic heterocycles. The van der Waals surface area contributed by atoms with Gasteiger partial charge in [0.25, 0.3) is 0 Å². The zero-order valence-electron chi connectivity index (χ0n) is 12.6. The average Bonchev–Trinajstić information content (AvgIpc) is 2.77. The fraction of sp³-hybridized carbons (Fsp3) is 0.412. The molecular formula is C17H19ClN4. The van der Waals surface area contributed by atoms with E-state index >= 15 is 0 Å². The molecule has 1 aromatic heterocycles. The molecule has 4 rings (SSSR count). The molecule has 1 aromatic carbocycles. The highest BCUT2D eigenvalue weighted by Crippen LogP contribution is 2.30. The van der Waals surface area contributed by atoms with Crippen LogP contribution in [0.15, 0.2) is 36.4 Å². The predicted octanol–water partition coefficient (Wildman–Crippen LogP) is 3.08. The number of hydrogen-bond donors (Lipinski definition) is 0. The van der Waals surface area contributed by atoms with Crippen LogP contribution in [0.2, 0.25) is 5.02 Å². The summed E-state index contributed by atoms with van der Waals surface area (Å²) in [6.45, 7) is 2.12. The number of anilines is 1. The summed E-state index contributed by atoms with van der Waals surface area (Å²) >= 11 is 5.92. The molecule has 2 saturated heterocycles. The number of fused-ring (bicyclic) bond motifs is 2. The number of rotatable bonds is 2. The van der Waals surface area contributed by atoms with Gasteiger partial charge in [0.05, 0.1) is 5.69 Å². The van der Waals surface area contributed by atoms with Crippen molar-refractivity contribution in [3.05, 3.63) is 41.4 Å². The summed E-state index contributed by atoms with van der Waals surface area (Å²) in [5.41, 5.74) is 1.93. The van der Waals surface area contributed by atoms with E-state index in [9.17, 15) is 0 Å². The van der Waals surface area contributed by atoms with Crippen LogP contribution in [0.5, 0.6) is 0 Å². The van der Waals surface area contributed by atoms with Crippen molar-refractivity contribution in [3.63, 3.8) is 0 Å². The fourth-order valence-corrected chi connectivity index (χ4v) is 3.70.